The van der Waals surface area contributed by atoms with E-state index in [0.29, 0.717) is 26.0 Å². The molecule has 10 heteroatoms. The molecule has 1 spiro atoms. The number of piperidine rings is 1. The van der Waals surface area contributed by atoms with E-state index >= 15 is 0 Å². The lowest BCUT2D eigenvalue weighted by Gasteiger charge is -2.70. The quantitative estimate of drug-likeness (QED) is 0.303. The first-order valence-electron chi connectivity index (χ1n) is 16.8. The van der Waals surface area contributed by atoms with Crippen LogP contribution in [0.3, 0.4) is 0 Å². The Kier molecular flexibility index (Phi) is 8.17. The molecule has 1 saturated heterocycles. The van der Waals surface area contributed by atoms with Crippen molar-refractivity contribution in [1.29, 1.82) is 0 Å². The molecule has 0 radical (unpaired) electrons. The Morgan fingerprint density at radius 1 is 1.02 bits per heavy atom. The molecule has 46 heavy (non-hydrogen) atoms. The highest BCUT2D eigenvalue weighted by atomic mass is 16.6. The number of fused-ring (bicyclic) bond motifs is 2. The third-order valence-corrected chi connectivity index (χ3v) is 13.2. The molecular formula is C36H49NO9. The SMILES string of the molecule is CCN1C[C@]2(COC)[C@H](O)C[C@H](OC)[C@@]34[C@@H]5C[C@H]6[C@H](OC(C)=O)[C@@H]5[C@](OC(=O)/C=C\c5ccccc5)(C[C@@H]6OC)[C@@H]([C@H](OC)[C@H]23)[C@@H]14. The number of methoxy groups -OCH3 is 4. The van der Waals surface area contributed by atoms with Crippen LogP contribution in [0.25, 0.3) is 6.08 Å². The van der Waals surface area contributed by atoms with Gasteiger partial charge in [0.2, 0.25) is 0 Å². The zero-order valence-corrected chi connectivity index (χ0v) is 27.8. The second-order valence-electron chi connectivity index (χ2n) is 14.6. The van der Waals surface area contributed by atoms with Gasteiger partial charge in [0.1, 0.15) is 11.7 Å². The van der Waals surface area contributed by atoms with Gasteiger partial charge < -0.3 is 33.5 Å². The molecule has 0 amide bonds. The van der Waals surface area contributed by atoms with Crippen LogP contribution in [0, 0.1) is 40.4 Å². The summed E-state index contributed by atoms with van der Waals surface area (Å²) in [6, 6.07) is 9.61. The Balaban J connectivity index is 1.46. The normalized spacial score (nSPS) is 46.8. The summed E-state index contributed by atoms with van der Waals surface area (Å²) in [7, 11) is 6.88. The van der Waals surface area contributed by atoms with Crippen molar-refractivity contribution in [2.45, 2.75) is 75.3 Å². The zero-order chi connectivity index (χ0) is 32.6. The fourth-order valence-electron chi connectivity index (χ4n) is 12.3. The predicted octanol–water partition coefficient (Wildman–Crippen LogP) is 2.96. The molecule has 7 bridgehead atoms. The van der Waals surface area contributed by atoms with Crippen LogP contribution in [0.5, 0.6) is 0 Å². The number of esters is 2. The zero-order valence-electron chi connectivity index (χ0n) is 27.8. The summed E-state index contributed by atoms with van der Waals surface area (Å²) < 4.78 is 38.4. The lowest BCUT2D eigenvalue weighted by Crippen LogP contribution is -2.79. The van der Waals surface area contributed by atoms with Crippen molar-refractivity contribution in [3.05, 3.63) is 42.0 Å². The number of carbonyl (C=O) groups is 2. The van der Waals surface area contributed by atoms with Crippen molar-refractivity contribution in [3.63, 3.8) is 0 Å². The lowest BCUT2D eigenvalue weighted by atomic mass is 9.42. The fourth-order valence-corrected chi connectivity index (χ4v) is 12.3. The molecule has 7 rings (SSSR count). The van der Waals surface area contributed by atoms with Crippen LogP contribution in [0.4, 0.5) is 0 Å². The van der Waals surface area contributed by atoms with Crippen molar-refractivity contribution in [2.75, 3.05) is 48.1 Å². The Hall–Kier alpha value is -2.34. The molecule has 0 unspecified atom stereocenters. The van der Waals surface area contributed by atoms with E-state index in [9.17, 15) is 14.7 Å². The van der Waals surface area contributed by atoms with Crippen LogP contribution >= 0.6 is 0 Å². The summed E-state index contributed by atoms with van der Waals surface area (Å²) >= 11 is 0. The monoisotopic (exact) mass is 639 g/mol. The van der Waals surface area contributed by atoms with Crippen LogP contribution in [0.15, 0.2) is 36.4 Å². The highest BCUT2D eigenvalue weighted by Gasteiger charge is 2.89. The first kappa shape index (κ1) is 32.2. The smallest absolute Gasteiger partial charge is 0.331 e. The van der Waals surface area contributed by atoms with Gasteiger partial charge in [-0.05, 0) is 30.5 Å². The Morgan fingerprint density at radius 3 is 2.41 bits per heavy atom. The van der Waals surface area contributed by atoms with Crippen LogP contribution in [0.2, 0.25) is 0 Å². The number of benzene rings is 1. The van der Waals surface area contributed by atoms with E-state index in [4.69, 9.17) is 28.4 Å². The summed E-state index contributed by atoms with van der Waals surface area (Å²) in [5, 5.41) is 12.1. The van der Waals surface area contributed by atoms with Crippen LogP contribution in [-0.2, 0) is 38.0 Å². The first-order valence-corrected chi connectivity index (χ1v) is 16.8. The topological polar surface area (TPSA) is 113 Å². The maximum Gasteiger partial charge on any atom is 0.331 e. The summed E-state index contributed by atoms with van der Waals surface area (Å²) in [6.07, 6.45) is 2.81. The molecule has 6 aliphatic rings. The molecular weight excluding hydrogens is 590 g/mol. The molecule has 10 nitrogen and oxygen atoms in total. The summed E-state index contributed by atoms with van der Waals surface area (Å²) in [6.45, 7) is 5.35. The largest absolute Gasteiger partial charge is 0.462 e. The van der Waals surface area contributed by atoms with Crippen LogP contribution in [0.1, 0.15) is 38.7 Å². The number of nitrogens with zero attached hydrogens (tertiary/aromatic N) is 1. The number of likely N-dealkylation sites (tertiary alicyclic amines) is 1. The molecule has 5 aliphatic carbocycles. The van der Waals surface area contributed by atoms with Crippen LogP contribution < -0.4 is 0 Å². The Morgan fingerprint density at radius 2 is 1.78 bits per heavy atom. The molecule has 0 aromatic heterocycles. The van der Waals surface area contributed by atoms with Gasteiger partial charge in [0, 0.05) is 101 Å². The molecule has 1 heterocycles. The molecule has 1 N–H and O–H groups in total. The van der Waals surface area contributed by atoms with Crippen molar-refractivity contribution in [1.82, 2.24) is 4.90 Å². The van der Waals surface area contributed by atoms with Gasteiger partial charge in [0.05, 0.1) is 31.0 Å². The maximum atomic E-state index is 14.1. The number of ether oxygens (including phenoxy) is 6. The average molecular weight is 640 g/mol. The highest BCUT2D eigenvalue weighted by Crippen LogP contribution is 2.80. The molecule has 1 aromatic carbocycles. The third kappa shape index (κ3) is 4.10. The predicted molar refractivity (Wildman–Crippen MR) is 167 cm³/mol. The number of rotatable bonds is 10. The summed E-state index contributed by atoms with van der Waals surface area (Å²) in [4.78, 5) is 29.3. The highest BCUT2D eigenvalue weighted by molar-refractivity contribution is 5.87. The standard InChI is InChI=1S/C36H49NO9/c1-7-37-18-34(19-41-3)25(39)16-26(43-5)36-23-15-22-24(42-4)17-35(28(23)30(22)45-20(2)38,29(33(36)37)31(44-6)32(34)36)46-27(40)14-13-21-11-9-8-10-12-21/h8-14,22-26,28-33,39H,7,15-19H2,1-6H3/b14-13-/t22-,23-,24+,25-,26+,28-,29+,30+,31+,32-,33-,34+,35-,36+/m1/s1. The molecule has 252 valence electrons. The van der Waals surface area contributed by atoms with E-state index in [1.165, 1.54) is 13.0 Å². The second-order valence-corrected chi connectivity index (χ2v) is 14.6. The Bertz CT molecular complexity index is 1360. The van der Waals surface area contributed by atoms with Gasteiger partial charge in [-0.15, -0.1) is 0 Å². The number of aliphatic hydroxyl groups excluding tert-OH is 1. The van der Waals surface area contributed by atoms with Crippen molar-refractivity contribution in [2.24, 2.45) is 40.4 Å². The third-order valence-electron chi connectivity index (χ3n) is 13.2. The van der Waals surface area contributed by atoms with E-state index in [-0.39, 0.29) is 59.9 Å². The second kappa shape index (κ2) is 11.7. The number of hydrogen-bond acceptors (Lipinski definition) is 10. The van der Waals surface area contributed by atoms with E-state index in [0.717, 1.165) is 18.5 Å². The van der Waals surface area contributed by atoms with Crippen LogP contribution in [-0.4, -0.2) is 112 Å². The summed E-state index contributed by atoms with van der Waals surface area (Å²) in [5.74, 6) is -1.66. The van der Waals surface area contributed by atoms with Crippen molar-refractivity contribution < 1.29 is 43.1 Å². The maximum absolute atomic E-state index is 14.1. The van der Waals surface area contributed by atoms with E-state index in [1.807, 2.05) is 30.3 Å². The molecule has 1 aliphatic heterocycles. The van der Waals surface area contributed by atoms with E-state index < -0.39 is 34.6 Å². The minimum absolute atomic E-state index is 0.0534. The van der Waals surface area contributed by atoms with Gasteiger partial charge in [0.15, 0.2) is 0 Å². The molecule has 14 atom stereocenters. The van der Waals surface area contributed by atoms with E-state index in [1.54, 1.807) is 34.5 Å². The summed E-state index contributed by atoms with van der Waals surface area (Å²) in [5.41, 5.74) is -1.27. The molecule has 5 saturated carbocycles. The Labute approximate surface area is 271 Å². The number of hydrogen-bond donors (Lipinski definition) is 1. The van der Waals surface area contributed by atoms with Gasteiger partial charge in [-0.3, -0.25) is 9.69 Å². The van der Waals surface area contributed by atoms with Crippen molar-refractivity contribution >= 4 is 18.0 Å². The van der Waals surface area contributed by atoms with Gasteiger partial charge in [-0.25, -0.2) is 4.79 Å². The first-order chi connectivity index (χ1) is 22.2. The van der Waals surface area contributed by atoms with Gasteiger partial charge in [0.25, 0.3) is 0 Å². The van der Waals surface area contributed by atoms with Crippen molar-refractivity contribution in [3.8, 4) is 0 Å². The van der Waals surface area contributed by atoms with Gasteiger partial charge >= 0.3 is 11.9 Å². The molecule has 6 fully saturated rings. The molecule has 1 aromatic rings. The number of aliphatic hydroxyl groups is 1. The minimum Gasteiger partial charge on any atom is -0.462 e. The van der Waals surface area contributed by atoms with Gasteiger partial charge in [-0.2, -0.15) is 0 Å². The van der Waals surface area contributed by atoms with E-state index in [2.05, 4.69) is 11.8 Å². The lowest BCUT2D eigenvalue weighted by molar-refractivity contribution is -0.297. The minimum atomic E-state index is -1.07. The van der Waals surface area contributed by atoms with Gasteiger partial charge in [-0.1, -0.05) is 37.3 Å². The number of carbonyl (C=O) groups excluding carboxylic acids is 2. The average Bonchev–Trinajstić information content (AvgIpc) is 3.46. The fraction of sp³-hybridized carbons (Fsp3) is 0.722.